The molecule has 0 saturated heterocycles. The zero-order valence-electron chi connectivity index (χ0n) is 14.2. The van der Waals surface area contributed by atoms with E-state index in [1.54, 1.807) is 0 Å². The number of nitrogens with one attached hydrogen (secondary N) is 1. The molecule has 2 heteroatoms. The molecule has 0 aromatic heterocycles. The van der Waals surface area contributed by atoms with Gasteiger partial charge in [-0.15, -0.1) is 0 Å². The Morgan fingerprint density at radius 2 is 2.14 bits per heavy atom. The van der Waals surface area contributed by atoms with Crippen LogP contribution in [0.1, 0.15) is 47.0 Å². The zero-order valence-corrected chi connectivity index (χ0v) is 14.2. The molecular formula is C19H32N2. The van der Waals surface area contributed by atoms with E-state index in [1.165, 1.54) is 18.4 Å². The van der Waals surface area contributed by atoms with E-state index in [2.05, 4.69) is 45.3 Å². The molecule has 0 fully saturated rings. The Morgan fingerprint density at radius 3 is 2.71 bits per heavy atom. The largest absolute Gasteiger partial charge is 0.389 e. The average molecular weight is 288 g/mol. The molecule has 0 aromatic carbocycles. The van der Waals surface area contributed by atoms with Crippen molar-refractivity contribution in [3.8, 4) is 0 Å². The molecule has 1 aliphatic heterocycles. The topological polar surface area (TPSA) is 38.0 Å². The third-order valence-corrected chi connectivity index (χ3v) is 4.09. The van der Waals surface area contributed by atoms with Crippen molar-refractivity contribution < 1.29 is 0 Å². The van der Waals surface area contributed by atoms with Gasteiger partial charge in [-0.2, -0.15) is 0 Å². The van der Waals surface area contributed by atoms with Crippen LogP contribution in [0.4, 0.5) is 0 Å². The van der Waals surface area contributed by atoms with Gasteiger partial charge in [0.25, 0.3) is 0 Å². The molecule has 0 aromatic rings. The molecule has 2 unspecified atom stereocenters. The summed E-state index contributed by atoms with van der Waals surface area (Å²) in [6.07, 6.45) is 7.84. The Morgan fingerprint density at radius 1 is 1.48 bits per heavy atom. The highest BCUT2D eigenvalue weighted by Gasteiger charge is 2.16. The van der Waals surface area contributed by atoms with Gasteiger partial charge in [-0.1, -0.05) is 39.5 Å². The molecule has 3 N–H and O–H groups in total. The fraction of sp³-hybridized carbons (Fsp3) is 0.579. The lowest BCUT2D eigenvalue weighted by Gasteiger charge is -2.23. The Labute approximate surface area is 130 Å². The zero-order chi connectivity index (χ0) is 16.0. The van der Waals surface area contributed by atoms with Crippen molar-refractivity contribution in [2.75, 3.05) is 6.54 Å². The van der Waals surface area contributed by atoms with Crippen LogP contribution in [-0.2, 0) is 0 Å². The standard InChI is InChI=1S/C19H32N2/c1-13(2)7-8-17-9-15(5)16(6)19(14(3)4)12-21-11-18(20)10-17/h9,12-13,17-18,21H,3,6-8,10-11,20H2,1-2,4-5H3/b15-9+,19-12-. The summed E-state index contributed by atoms with van der Waals surface area (Å²) in [5, 5.41) is 3.34. The molecule has 0 bridgehead atoms. The van der Waals surface area contributed by atoms with Crippen molar-refractivity contribution in [2.45, 2.75) is 53.0 Å². The summed E-state index contributed by atoms with van der Waals surface area (Å²) in [5.74, 6) is 1.27. The van der Waals surface area contributed by atoms with Crippen LogP contribution < -0.4 is 11.1 Å². The highest BCUT2D eigenvalue weighted by atomic mass is 14.9. The van der Waals surface area contributed by atoms with Gasteiger partial charge in [-0.05, 0) is 60.8 Å². The SMILES string of the molecule is C=C(C)/C1=C/NCC(N)CC(CCC(C)C)/C=C(\C)C1=C. The Balaban J connectivity index is 2.98. The normalized spacial score (nSPS) is 29.1. The molecule has 0 saturated carbocycles. The quantitative estimate of drug-likeness (QED) is 0.808. The van der Waals surface area contributed by atoms with Crippen LogP contribution in [0.25, 0.3) is 0 Å². The molecule has 118 valence electrons. The van der Waals surface area contributed by atoms with E-state index in [-0.39, 0.29) is 6.04 Å². The predicted molar refractivity (Wildman–Crippen MR) is 94.0 cm³/mol. The van der Waals surface area contributed by atoms with Gasteiger partial charge in [-0.25, -0.2) is 0 Å². The molecule has 2 atom stereocenters. The van der Waals surface area contributed by atoms with Crippen LogP contribution in [0.15, 0.2) is 47.7 Å². The molecule has 0 radical (unpaired) electrons. The fourth-order valence-electron chi connectivity index (χ4n) is 2.74. The lowest BCUT2D eigenvalue weighted by molar-refractivity contribution is 0.422. The molecule has 0 amide bonds. The number of hydrogen-bond donors (Lipinski definition) is 2. The second kappa shape index (κ2) is 8.23. The number of hydrogen-bond acceptors (Lipinski definition) is 2. The second-order valence-electron chi connectivity index (χ2n) is 6.80. The minimum Gasteiger partial charge on any atom is -0.389 e. The van der Waals surface area contributed by atoms with Gasteiger partial charge in [0.1, 0.15) is 0 Å². The van der Waals surface area contributed by atoms with E-state index < -0.39 is 0 Å². The van der Waals surface area contributed by atoms with Crippen molar-refractivity contribution >= 4 is 0 Å². The van der Waals surface area contributed by atoms with Crippen LogP contribution in [-0.4, -0.2) is 12.6 Å². The average Bonchev–Trinajstić information content (AvgIpc) is 2.39. The Kier molecular flexibility index (Phi) is 6.97. The first-order valence-corrected chi connectivity index (χ1v) is 8.04. The lowest BCUT2D eigenvalue weighted by atomic mass is 9.87. The summed E-state index contributed by atoms with van der Waals surface area (Å²) in [5.41, 5.74) is 10.7. The first-order valence-electron chi connectivity index (χ1n) is 8.04. The number of allylic oxidation sites excluding steroid dienone is 5. The molecule has 1 aliphatic rings. The third-order valence-electron chi connectivity index (χ3n) is 4.09. The summed E-state index contributed by atoms with van der Waals surface area (Å²) >= 11 is 0. The maximum Gasteiger partial charge on any atom is 0.0293 e. The summed E-state index contributed by atoms with van der Waals surface area (Å²) in [6.45, 7) is 17.8. The van der Waals surface area contributed by atoms with Gasteiger partial charge in [0.15, 0.2) is 0 Å². The van der Waals surface area contributed by atoms with Crippen molar-refractivity contribution in [3.05, 3.63) is 47.7 Å². The monoisotopic (exact) mass is 288 g/mol. The molecule has 0 aliphatic carbocycles. The third kappa shape index (κ3) is 5.92. The van der Waals surface area contributed by atoms with Gasteiger partial charge in [0.2, 0.25) is 0 Å². The van der Waals surface area contributed by atoms with Crippen molar-refractivity contribution in [1.82, 2.24) is 5.32 Å². The molecule has 2 nitrogen and oxygen atoms in total. The highest BCUT2D eigenvalue weighted by molar-refractivity contribution is 5.52. The molecule has 21 heavy (non-hydrogen) atoms. The van der Waals surface area contributed by atoms with E-state index >= 15 is 0 Å². The first kappa shape index (κ1) is 17.8. The molecule has 1 rings (SSSR count). The van der Waals surface area contributed by atoms with Crippen LogP contribution in [0.3, 0.4) is 0 Å². The fourth-order valence-corrected chi connectivity index (χ4v) is 2.74. The van der Waals surface area contributed by atoms with Gasteiger partial charge in [-0.3, -0.25) is 0 Å². The van der Waals surface area contributed by atoms with Gasteiger partial charge in [0, 0.05) is 18.8 Å². The van der Waals surface area contributed by atoms with Crippen molar-refractivity contribution in [1.29, 1.82) is 0 Å². The first-order chi connectivity index (χ1) is 9.81. The van der Waals surface area contributed by atoms with Crippen LogP contribution in [0, 0.1) is 11.8 Å². The van der Waals surface area contributed by atoms with E-state index in [4.69, 9.17) is 5.73 Å². The van der Waals surface area contributed by atoms with E-state index in [0.717, 1.165) is 35.6 Å². The van der Waals surface area contributed by atoms with E-state index in [0.29, 0.717) is 5.92 Å². The maximum absolute atomic E-state index is 6.26. The van der Waals surface area contributed by atoms with Crippen molar-refractivity contribution in [2.24, 2.45) is 17.6 Å². The lowest BCUT2D eigenvalue weighted by Crippen LogP contribution is -2.34. The summed E-state index contributed by atoms with van der Waals surface area (Å²) in [6, 6.07) is 0.181. The number of nitrogens with two attached hydrogens (primary N) is 1. The van der Waals surface area contributed by atoms with Gasteiger partial charge >= 0.3 is 0 Å². The van der Waals surface area contributed by atoms with E-state index in [9.17, 15) is 0 Å². The van der Waals surface area contributed by atoms with Crippen LogP contribution in [0.2, 0.25) is 0 Å². The van der Waals surface area contributed by atoms with E-state index in [1.807, 2.05) is 13.1 Å². The van der Waals surface area contributed by atoms with Gasteiger partial charge < -0.3 is 11.1 Å². The van der Waals surface area contributed by atoms with Crippen LogP contribution in [0.5, 0.6) is 0 Å². The molecule has 0 spiro atoms. The maximum atomic E-state index is 6.26. The Hall–Kier alpha value is -1.28. The van der Waals surface area contributed by atoms with Crippen molar-refractivity contribution in [3.63, 3.8) is 0 Å². The smallest absolute Gasteiger partial charge is 0.0293 e. The minimum atomic E-state index is 0.181. The summed E-state index contributed by atoms with van der Waals surface area (Å²) < 4.78 is 0. The minimum absolute atomic E-state index is 0.181. The Bertz CT molecular complexity index is 440. The van der Waals surface area contributed by atoms with Crippen LogP contribution >= 0.6 is 0 Å². The molecular weight excluding hydrogens is 256 g/mol. The summed E-state index contributed by atoms with van der Waals surface area (Å²) in [4.78, 5) is 0. The molecule has 1 heterocycles. The predicted octanol–water partition coefficient (Wildman–Crippen LogP) is 4.32. The number of rotatable bonds is 4. The van der Waals surface area contributed by atoms with Gasteiger partial charge in [0.05, 0.1) is 0 Å². The summed E-state index contributed by atoms with van der Waals surface area (Å²) in [7, 11) is 0. The second-order valence-corrected chi connectivity index (χ2v) is 6.80. The highest BCUT2D eigenvalue weighted by Crippen LogP contribution is 2.27.